The van der Waals surface area contributed by atoms with Crippen LogP contribution in [0.4, 0.5) is 0 Å². The molecule has 1 heterocycles. The monoisotopic (exact) mass is 410 g/mol. The maximum Gasteiger partial charge on any atom is 0.191 e. The van der Waals surface area contributed by atoms with Crippen molar-refractivity contribution in [2.24, 2.45) is 4.99 Å². The fourth-order valence-electron chi connectivity index (χ4n) is 3.48. The highest BCUT2D eigenvalue weighted by molar-refractivity contribution is 5.79. The van der Waals surface area contributed by atoms with Gasteiger partial charge in [-0.2, -0.15) is 0 Å². The van der Waals surface area contributed by atoms with Crippen LogP contribution in [0.3, 0.4) is 0 Å². The normalized spacial score (nSPS) is 15.1. The summed E-state index contributed by atoms with van der Waals surface area (Å²) in [5, 5.41) is 6.75. The molecule has 1 fully saturated rings. The van der Waals surface area contributed by atoms with Crippen LogP contribution < -0.4 is 15.4 Å². The first-order valence-corrected chi connectivity index (χ1v) is 10.9. The quantitative estimate of drug-likeness (QED) is 0.491. The van der Waals surface area contributed by atoms with Gasteiger partial charge in [0.2, 0.25) is 0 Å². The Bertz CT molecular complexity index is 803. The van der Waals surface area contributed by atoms with E-state index < -0.39 is 0 Å². The molecule has 0 aliphatic carbocycles. The van der Waals surface area contributed by atoms with Crippen LogP contribution in [0.2, 0.25) is 0 Å². The average molecular weight is 411 g/mol. The average Bonchev–Trinajstić information content (AvgIpc) is 2.78. The maximum absolute atomic E-state index is 5.72. The largest absolute Gasteiger partial charge is 0.494 e. The lowest BCUT2D eigenvalue weighted by Crippen LogP contribution is -2.36. The number of hydrogen-bond donors (Lipinski definition) is 2. The molecule has 3 rings (SSSR count). The van der Waals surface area contributed by atoms with Crippen molar-refractivity contribution in [1.82, 2.24) is 15.5 Å². The van der Waals surface area contributed by atoms with Crippen LogP contribution in [-0.2, 0) is 24.4 Å². The van der Waals surface area contributed by atoms with Gasteiger partial charge in [-0.1, -0.05) is 42.5 Å². The van der Waals surface area contributed by atoms with Crippen LogP contribution >= 0.6 is 0 Å². The van der Waals surface area contributed by atoms with E-state index in [0.29, 0.717) is 19.7 Å². The van der Waals surface area contributed by atoms with Crippen molar-refractivity contribution in [2.75, 3.05) is 39.5 Å². The summed E-state index contributed by atoms with van der Waals surface area (Å²) in [6, 6.07) is 16.8. The highest BCUT2D eigenvalue weighted by atomic mass is 16.5. The summed E-state index contributed by atoms with van der Waals surface area (Å²) in [4.78, 5) is 7.22. The molecule has 2 aromatic carbocycles. The molecule has 1 aliphatic heterocycles. The van der Waals surface area contributed by atoms with Gasteiger partial charge in [-0.05, 0) is 31.0 Å². The van der Waals surface area contributed by atoms with Gasteiger partial charge in [0, 0.05) is 38.3 Å². The summed E-state index contributed by atoms with van der Waals surface area (Å²) in [7, 11) is 0. The van der Waals surface area contributed by atoms with Crippen molar-refractivity contribution in [3.05, 3.63) is 65.2 Å². The molecule has 0 radical (unpaired) electrons. The number of nitrogens with one attached hydrogen (secondary N) is 2. The number of aliphatic imine (C=N–C) groups is 1. The lowest BCUT2D eigenvalue weighted by molar-refractivity contribution is 0.0342. The molecule has 1 saturated heterocycles. The Labute approximate surface area is 180 Å². The molecule has 0 atom stereocenters. The molecule has 6 heteroatoms. The topological polar surface area (TPSA) is 58.1 Å². The first kappa shape index (κ1) is 22.1. The third-order valence-electron chi connectivity index (χ3n) is 4.98. The predicted octanol–water partition coefficient (Wildman–Crippen LogP) is 3.17. The Morgan fingerprint density at radius 3 is 2.63 bits per heavy atom. The summed E-state index contributed by atoms with van der Waals surface area (Å²) in [6.07, 6.45) is 0. The van der Waals surface area contributed by atoms with E-state index in [1.807, 2.05) is 25.1 Å². The number of benzene rings is 2. The van der Waals surface area contributed by atoms with Gasteiger partial charge >= 0.3 is 0 Å². The van der Waals surface area contributed by atoms with Crippen LogP contribution in [0.5, 0.6) is 5.75 Å². The lowest BCUT2D eigenvalue weighted by Gasteiger charge is -2.26. The number of nitrogens with zero attached hydrogens (tertiary/aromatic N) is 2. The summed E-state index contributed by atoms with van der Waals surface area (Å²) in [5.41, 5.74) is 3.67. The minimum Gasteiger partial charge on any atom is -0.494 e. The number of para-hydroxylation sites is 1. The zero-order valence-electron chi connectivity index (χ0n) is 18.2. The van der Waals surface area contributed by atoms with Crippen molar-refractivity contribution < 1.29 is 9.47 Å². The Balaban J connectivity index is 1.59. The molecule has 2 N–H and O–H groups in total. The minimum atomic E-state index is 0.638. The van der Waals surface area contributed by atoms with E-state index in [1.165, 1.54) is 11.1 Å². The van der Waals surface area contributed by atoms with E-state index in [-0.39, 0.29) is 0 Å². The van der Waals surface area contributed by atoms with Crippen molar-refractivity contribution in [2.45, 2.75) is 33.5 Å². The number of morpholine rings is 1. The number of hydrogen-bond acceptors (Lipinski definition) is 4. The van der Waals surface area contributed by atoms with Gasteiger partial charge in [-0.3, -0.25) is 4.90 Å². The van der Waals surface area contributed by atoms with E-state index in [2.05, 4.69) is 52.8 Å². The molecule has 0 bridgehead atoms. The molecule has 162 valence electrons. The van der Waals surface area contributed by atoms with Crippen LogP contribution in [0.25, 0.3) is 0 Å². The fourth-order valence-corrected chi connectivity index (χ4v) is 3.48. The molecule has 0 spiro atoms. The first-order valence-electron chi connectivity index (χ1n) is 10.9. The van der Waals surface area contributed by atoms with Crippen LogP contribution in [0.1, 0.15) is 30.5 Å². The van der Waals surface area contributed by atoms with Gasteiger partial charge in [-0.25, -0.2) is 4.99 Å². The number of ether oxygens (including phenoxy) is 2. The van der Waals surface area contributed by atoms with E-state index >= 15 is 0 Å². The predicted molar refractivity (Wildman–Crippen MR) is 122 cm³/mol. The molecule has 0 aromatic heterocycles. The lowest BCUT2D eigenvalue weighted by atomic mass is 10.1. The zero-order valence-corrected chi connectivity index (χ0v) is 18.2. The zero-order chi connectivity index (χ0) is 21.0. The van der Waals surface area contributed by atoms with Gasteiger partial charge in [0.15, 0.2) is 5.96 Å². The Kier molecular flexibility index (Phi) is 9.00. The number of guanidine groups is 1. The van der Waals surface area contributed by atoms with Crippen molar-refractivity contribution in [1.29, 1.82) is 0 Å². The molecule has 30 heavy (non-hydrogen) atoms. The van der Waals surface area contributed by atoms with Crippen molar-refractivity contribution >= 4 is 5.96 Å². The highest BCUT2D eigenvalue weighted by Gasteiger charge is 2.11. The Morgan fingerprint density at radius 1 is 1.03 bits per heavy atom. The third-order valence-corrected chi connectivity index (χ3v) is 4.98. The summed E-state index contributed by atoms with van der Waals surface area (Å²) in [6.45, 7) is 11.5. The van der Waals surface area contributed by atoms with Crippen LogP contribution in [0.15, 0.2) is 53.5 Å². The standard InChI is InChI=1S/C24H34N4O2/c1-3-25-24(27-18-22-10-5-6-11-23(22)30-4-2)26-17-20-8-7-9-21(16-20)19-28-12-14-29-15-13-28/h5-11,16H,3-4,12-15,17-19H2,1-2H3,(H2,25,26,27). The smallest absolute Gasteiger partial charge is 0.191 e. The van der Waals surface area contributed by atoms with Gasteiger partial charge in [0.1, 0.15) is 5.75 Å². The molecular formula is C24H34N4O2. The first-order chi connectivity index (χ1) is 14.8. The maximum atomic E-state index is 5.72. The van der Waals surface area contributed by atoms with E-state index in [0.717, 1.165) is 56.7 Å². The molecule has 0 unspecified atom stereocenters. The van der Waals surface area contributed by atoms with Gasteiger partial charge < -0.3 is 20.1 Å². The van der Waals surface area contributed by atoms with Crippen LogP contribution in [0, 0.1) is 0 Å². The Hall–Kier alpha value is -2.57. The molecular weight excluding hydrogens is 376 g/mol. The second-order valence-corrected chi connectivity index (χ2v) is 7.30. The summed E-state index contributed by atoms with van der Waals surface area (Å²) < 4.78 is 11.2. The fraction of sp³-hybridized carbons (Fsp3) is 0.458. The molecule has 0 saturated carbocycles. The van der Waals surface area contributed by atoms with Crippen molar-refractivity contribution in [3.63, 3.8) is 0 Å². The summed E-state index contributed by atoms with van der Waals surface area (Å²) >= 11 is 0. The van der Waals surface area contributed by atoms with Gasteiger partial charge in [-0.15, -0.1) is 0 Å². The molecule has 6 nitrogen and oxygen atoms in total. The molecule has 0 amide bonds. The SMILES string of the molecule is CCNC(=NCc1cccc(CN2CCOCC2)c1)NCc1ccccc1OCC. The summed E-state index contributed by atoms with van der Waals surface area (Å²) in [5.74, 6) is 1.72. The highest BCUT2D eigenvalue weighted by Crippen LogP contribution is 2.17. The van der Waals surface area contributed by atoms with E-state index in [9.17, 15) is 0 Å². The van der Waals surface area contributed by atoms with Crippen molar-refractivity contribution in [3.8, 4) is 5.75 Å². The third kappa shape index (κ3) is 7.04. The molecule has 2 aromatic rings. The van der Waals surface area contributed by atoms with Gasteiger partial charge in [0.25, 0.3) is 0 Å². The second kappa shape index (κ2) is 12.2. The van der Waals surface area contributed by atoms with E-state index in [1.54, 1.807) is 0 Å². The van der Waals surface area contributed by atoms with E-state index in [4.69, 9.17) is 14.5 Å². The van der Waals surface area contributed by atoms with Gasteiger partial charge in [0.05, 0.1) is 26.4 Å². The Morgan fingerprint density at radius 2 is 1.83 bits per heavy atom. The second-order valence-electron chi connectivity index (χ2n) is 7.30. The molecule has 1 aliphatic rings. The van der Waals surface area contributed by atoms with Crippen LogP contribution in [-0.4, -0.2) is 50.3 Å². The minimum absolute atomic E-state index is 0.638. The number of rotatable bonds is 9.